The molecular formula is C12H19NO4. The van der Waals surface area contributed by atoms with E-state index in [2.05, 4.69) is 0 Å². The number of aliphatic carboxylic acids is 1. The topological polar surface area (TPSA) is 66.8 Å². The van der Waals surface area contributed by atoms with Crippen LogP contribution in [-0.2, 0) is 14.3 Å². The number of carbonyl (C=O) groups is 2. The van der Waals surface area contributed by atoms with Gasteiger partial charge < -0.3 is 14.7 Å². The zero-order valence-corrected chi connectivity index (χ0v) is 10.1. The monoisotopic (exact) mass is 241 g/mol. The Balaban J connectivity index is 2.06. The fourth-order valence-corrected chi connectivity index (χ4v) is 2.83. The Morgan fingerprint density at radius 3 is 2.82 bits per heavy atom. The standard InChI is InChI=1S/C12H19NO4/c1-2-10-8(5-7-17-10)11(14)13-6-3-4-9(13)12(15)16/h8-10H,2-7H2,1H3,(H,15,16). The van der Waals surface area contributed by atoms with Crippen LogP contribution in [0, 0.1) is 5.92 Å². The van der Waals surface area contributed by atoms with Gasteiger partial charge in [-0.15, -0.1) is 0 Å². The lowest BCUT2D eigenvalue weighted by Gasteiger charge is -2.26. The smallest absolute Gasteiger partial charge is 0.326 e. The Bertz CT molecular complexity index is 318. The first-order valence-corrected chi connectivity index (χ1v) is 6.30. The summed E-state index contributed by atoms with van der Waals surface area (Å²) in [6.45, 7) is 3.18. The molecule has 96 valence electrons. The summed E-state index contributed by atoms with van der Waals surface area (Å²) in [4.78, 5) is 24.9. The fraction of sp³-hybridized carbons (Fsp3) is 0.833. The third-order valence-electron chi connectivity index (χ3n) is 3.75. The summed E-state index contributed by atoms with van der Waals surface area (Å²) in [6.07, 6.45) is 2.86. The van der Waals surface area contributed by atoms with Gasteiger partial charge in [0.25, 0.3) is 0 Å². The average Bonchev–Trinajstić information content (AvgIpc) is 2.96. The molecule has 2 saturated heterocycles. The minimum absolute atomic E-state index is 0.0285. The van der Waals surface area contributed by atoms with E-state index >= 15 is 0 Å². The molecule has 0 spiro atoms. The molecule has 5 nitrogen and oxygen atoms in total. The third kappa shape index (κ3) is 2.29. The van der Waals surface area contributed by atoms with Crippen molar-refractivity contribution in [3.05, 3.63) is 0 Å². The molecule has 3 unspecified atom stereocenters. The van der Waals surface area contributed by atoms with Crippen LogP contribution in [0.25, 0.3) is 0 Å². The molecule has 0 radical (unpaired) electrons. The summed E-state index contributed by atoms with van der Waals surface area (Å²) >= 11 is 0. The Morgan fingerprint density at radius 1 is 1.41 bits per heavy atom. The fourth-order valence-electron chi connectivity index (χ4n) is 2.83. The van der Waals surface area contributed by atoms with Gasteiger partial charge in [0.05, 0.1) is 12.0 Å². The first kappa shape index (κ1) is 12.4. The molecule has 2 rings (SSSR count). The second-order valence-electron chi connectivity index (χ2n) is 4.74. The molecule has 0 aromatic carbocycles. The van der Waals surface area contributed by atoms with Crippen LogP contribution in [-0.4, -0.2) is 47.2 Å². The van der Waals surface area contributed by atoms with Crippen molar-refractivity contribution >= 4 is 11.9 Å². The summed E-state index contributed by atoms with van der Waals surface area (Å²) in [6, 6.07) is -0.624. The van der Waals surface area contributed by atoms with Crippen molar-refractivity contribution in [1.82, 2.24) is 4.90 Å². The molecule has 2 heterocycles. The predicted octanol–water partition coefficient (Wildman–Crippen LogP) is 0.877. The van der Waals surface area contributed by atoms with Gasteiger partial charge in [-0.25, -0.2) is 4.79 Å². The predicted molar refractivity (Wildman–Crippen MR) is 60.5 cm³/mol. The molecule has 0 bridgehead atoms. The number of rotatable bonds is 3. The number of hydrogen-bond donors (Lipinski definition) is 1. The zero-order valence-electron chi connectivity index (χ0n) is 10.1. The molecule has 2 fully saturated rings. The van der Waals surface area contributed by atoms with E-state index in [1.54, 1.807) is 0 Å². The average molecular weight is 241 g/mol. The number of amides is 1. The number of likely N-dealkylation sites (tertiary alicyclic amines) is 1. The van der Waals surface area contributed by atoms with Crippen LogP contribution in [0.15, 0.2) is 0 Å². The second-order valence-corrected chi connectivity index (χ2v) is 4.74. The molecule has 0 aliphatic carbocycles. The first-order valence-electron chi connectivity index (χ1n) is 6.30. The second kappa shape index (κ2) is 5.04. The number of nitrogens with zero attached hydrogens (tertiary/aromatic N) is 1. The Morgan fingerprint density at radius 2 is 2.18 bits per heavy atom. The summed E-state index contributed by atoms with van der Waals surface area (Å²) < 4.78 is 5.50. The highest BCUT2D eigenvalue weighted by molar-refractivity contribution is 5.86. The number of carbonyl (C=O) groups excluding carboxylic acids is 1. The Kier molecular flexibility index (Phi) is 3.66. The minimum atomic E-state index is -0.886. The first-order chi connectivity index (χ1) is 8.15. The van der Waals surface area contributed by atoms with E-state index in [4.69, 9.17) is 9.84 Å². The molecule has 0 saturated carbocycles. The molecule has 2 aliphatic heterocycles. The van der Waals surface area contributed by atoms with E-state index in [1.165, 1.54) is 4.90 Å². The zero-order chi connectivity index (χ0) is 12.4. The molecule has 2 aliphatic rings. The van der Waals surface area contributed by atoms with Crippen molar-refractivity contribution < 1.29 is 19.4 Å². The van der Waals surface area contributed by atoms with Gasteiger partial charge >= 0.3 is 5.97 Å². The molecule has 17 heavy (non-hydrogen) atoms. The molecule has 1 amide bonds. The highest BCUT2D eigenvalue weighted by Crippen LogP contribution is 2.28. The number of carboxylic acids is 1. The van der Waals surface area contributed by atoms with Crippen molar-refractivity contribution in [1.29, 1.82) is 0 Å². The van der Waals surface area contributed by atoms with E-state index in [1.807, 2.05) is 6.92 Å². The lowest BCUT2D eigenvalue weighted by atomic mass is 9.97. The molecule has 1 N–H and O–H groups in total. The van der Waals surface area contributed by atoms with E-state index < -0.39 is 12.0 Å². The number of carboxylic acid groups (broad SMARTS) is 1. The van der Waals surface area contributed by atoms with E-state index in [9.17, 15) is 9.59 Å². The quantitative estimate of drug-likeness (QED) is 0.796. The summed E-state index contributed by atoms with van der Waals surface area (Å²) in [7, 11) is 0. The molecule has 0 aromatic rings. The minimum Gasteiger partial charge on any atom is -0.480 e. The summed E-state index contributed by atoms with van der Waals surface area (Å²) in [5.74, 6) is -1.05. The van der Waals surface area contributed by atoms with Gasteiger partial charge in [0, 0.05) is 13.2 Å². The van der Waals surface area contributed by atoms with Gasteiger partial charge in [0.1, 0.15) is 6.04 Å². The number of ether oxygens (including phenoxy) is 1. The summed E-state index contributed by atoms with van der Waals surface area (Å²) in [5.41, 5.74) is 0. The Labute approximate surface area is 101 Å². The summed E-state index contributed by atoms with van der Waals surface area (Å²) in [5, 5.41) is 9.07. The van der Waals surface area contributed by atoms with Crippen LogP contribution >= 0.6 is 0 Å². The molecule has 3 atom stereocenters. The SMILES string of the molecule is CCC1OCCC1C(=O)N1CCCC1C(=O)O. The van der Waals surface area contributed by atoms with Gasteiger partial charge in [0.15, 0.2) is 0 Å². The van der Waals surface area contributed by atoms with Crippen LogP contribution in [0.2, 0.25) is 0 Å². The lowest BCUT2D eigenvalue weighted by molar-refractivity contribution is -0.150. The maximum atomic E-state index is 12.3. The van der Waals surface area contributed by atoms with Gasteiger partial charge in [-0.1, -0.05) is 6.92 Å². The van der Waals surface area contributed by atoms with E-state index in [-0.39, 0.29) is 17.9 Å². The van der Waals surface area contributed by atoms with E-state index in [0.717, 1.165) is 19.3 Å². The van der Waals surface area contributed by atoms with Gasteiger partial charge in [-0.05, 0) is 25.7 Å². The van der Waals surface area contributed by atoms with Gasteiger partial charge in [-0.3, -0.25) is 4.79 Å². The highest BCUT2D eigenvalue weighted by Gasteiger charge is 2.41. The van der Waals surface area contributed by atoms with Crippen LogP contribution in [0.3, 0.4) is 0 Å². The van der Waals surface area contributed by atoms with Crippen molar-refractivity contribution in [3.8, 4) is 0 Å². The van der Waals surface area contributed by atoms with Gasteiger partial charge in [0.2, 0.25) is 5.91 Å². The van der Waals surface area contributed by atoms with Gasteiger partial charge in [-0.2, -0.15) is 0 Å². The van der Waals surface area contributed by atoms with Crippen LogP contribution in [0.4, 0.5) is 0 Å². The van der Waals surface area contributed by atoms with Crippen LogP contribution < -0.4 is 0 Å². The van der Waals surface area contributed by atoms with Crippen molar-refractivity contribution in [2.45, 2.75) is 44.8 Å². The normalized spacial score (nSPS) is 33.0. The maximum absolute atomic E-state index is 12.3. The Hall–Kier alpha value is -1.10. The highest BCUT2D eigenvalue weighted by atomic mass is 16.5. The maximum Gasteiger partial charge on any atom is 0.326 e. The molecule has 0 aromatic heterocycles. The van der Waals surface area contributed by atoms with E-state index in [0.29, 0.717) is 19.6 Å². The van der Waals surface area contributed by atoms with Crippen LogP contribution in [0.5, 0.6) is 0 Å². The molecular weight excluding hydrogens is 222 g/mol. The molecule has 5 heteroatoms. The third-order valence-corrected chi connectivity index (χ3v) is 3.75. The van der Waals surface area contributed by atoms with Crippen molar-refractivity contribution in [2.24, 2.45) is 5.92 Å². The van der Waals surface area contributed by atoms with Crippen LogP contribution in [0.1, 0.15) is 32.6 Å². The largest absolute Gasteiger partial charge is 0.480 e. The van der Waals surface area contributed by atoms with Crippen molar-refractivity contribution in [3.63, 3.8) is 0 Å². The number of hydrogen-bond acceptors (Lipinski definition) is 3. The van der Waals surface area contributed by atoms with Crippen molar-refractivity contribution in [2.75, 3.05) is 13.2 Å². The lowest BCUT2D eigenvalue weighted by Crippen LogP contribution is -2.45.